The molecule has 0 aromatic rings. The maximum Gasteiger partial charge on any atom is 0.308 e. The number of hydrogen-bond acceptors (Lipinski definition) is 9. The van der Waals surface area contributed by atoms with Gasteiger partial charge in [0.25, 0.3) is 0 Å². The Bertz CT molecular complexity index is 1380. The average Bonchev–Trinajstić information content (AvgIpc) is 3.11. The second kappa shape index (κ2) is 10.2. The van der Waals surface area contributed by atoms with Crippen LogP contribution in [0.15, 0.2) is 22.8 Å². The zero-order chi connectivity index (χ0) is 31.7. The van der Waals surface area contributed by atoms with Gasteiger partial charge < -0.3 is 9.47 Å². The Morgan fingerprint density at radius 2 is 1.57 bits per heavy atom. The van der Waals surface area contributed by atoms with E-state index in [9.17, 15) is 33.6 Å². The van der Waals surface area contributed by atoms with Gasteiger partial charge in [0, 0.05) is 60.0 Å². The van der Waals surface area contributed by atoms with Crippen molar-refractivity contribution in [3.05, 3.63) is 22.8 Å². The molecule has 4 aliphatic rings. The van der Waals surface area contributed by atoms with Crippen molar-refractivity contribution in [1.29, 1.82) is 0 Å². The second-order valence-corrected chi connectivity index (χ2v) is 13.9. The molecule has 2 saturated carbocycles. The van der Waals surface area contributed by atoms with Crippen molar-refractivity contribution in [3.8, 4) is 0 Å². The fourth-order valence-corrected chi connectivity index (χ4v) is 8.77. The minimum absolute atomic E-state index is 0.0293. The largest absolute Gasteiger partial charge is 0.469 e. The molecule has 0 saturated heterocycles. The molecule has 9 nitrogen and oxygen atoms in total. The highest BCUT2D eigenvalue weighted by Crippen LogP contribution is 2.70. The summed E-state index contributed by atoms with van der Waals surface area (Å²) in [6.45, 7) is 13.3. The SMILES string of the molecule is COC(=O)C(C)CC(=O)/C=C(\C)[C@H]1CC(=O)[C@@]2(C)C3=C(C(=O)[C@@H](OC(C)=O)[C@]12C)[C@@]1(C)CCC(=O)C(C)(C)[C@@H]1CC3=O. The van der Waals surface area contributed by atoms with E-state index in [1.807, 2.05) is 20.8 Å². The number of carbonyl (C=O) groups is 7. The Balaban J connectivity index is 1.91. The third kappa shape index (κ3) is 4.21. The van der Waals surface area contributed by atoms with Crippen LogP contribution in [0.25, 0.3) is 0 Å². The molecule has 0 N–H and O–H groups in total. The lowest BCUT2D eigenvalue weighted by Gasteiger charge is -2.59. The number of esters is 2. The summed E-state index contributed by atoms with van der Waals surface area (Å²) < 4.78 is 10.5. The van der Waals surface area contributed by atoms with Gasteiger partial charge in [0.15, 0.2) is 17.7 Å². The number of ketones is 5. The molecular formula is C33H42O9. The van der Waals surface area contributed by atoms with Gasteiger partial charge in [-0.1, -0.05) is 40.2 Å². The summed E-state index contributed by atoms with van der Waals surface area (Å²) in [5.41, 5.74) is -3.67. The quantitative estimate of drug-likeness (QED) is 0.335. The summed E-state index contributed by atoms with van der Waals surface area (Å²) in [6.07, 6.45) is 0.439. The van der Waals surface area contributed by atoms with E-state index >= 15 is 0 Å². The molecule has 0 aromatic carbocycles. The number of Topliss-reactive ketones (excluding diaryl/α,β-unsaturated/α-hetero) is 4. The van der Waals surface area contributed by atoms with Crippen molar-refractivity contribution in [2.45, 2.75) is 93.6 Å². The highest BCUT2D eigenvalue weighted by atomic mass is 16.5. The van der Waals surface area contributed by atoms with Crippen LogP contribution < -0.4 is 0 Å². The summed E-state index contributed by atoms with van der Waals surface area (Å²) in [4.78, 5) is 93.1. The van der Waals surface area contributed by atoms with Crippen molar-refractivity contribution in [1.82, 2.24) is 0 Å². The molecule has 0 bridgehead atoms. The van der Waals surface area contributed by atoms with Gasteiger partial charge in [-0.15, -0.1) is 0 Å². The topological polar surface area (TPSA) is 138 Å². The number of methoxy groups -OCH3 is 1. The molecule has 0 spiro atoms. The predicted octanol–water partition coefficient (Wildman–Crippen LogP) is 4.10. The lowest BCUT2D eigenvalue weighted by molar-refractivity contribution is -0.172. The van der Waals surface area contributed by atoms with Crippen LogP contribution >= 0.6 is 0 Å². The van der Waals surface area contributed by atoms with Gasteiger partial charge in [-0.3, -0.25) is 33.6 Å². The van der Waals surface area contributed by atoms with Crippen LogP contribution in [-0.2, 0) is 43.0 Å². The Morgan fingerprint density at radius 1 is 0.952 bits per heavy atom. The molecule has 2 fully saturated rings. The molecular weight excluding hydrogens is 540 g/mol. The Labute approximate surface area is 246 Å². The average molecular weight is 583 g/mol. The Kier molecular flexibility index (Phi) is 7.70. The molecule has 7 atom stereocenters. The minimum atomic E-state index is -1.48. The first kappa shape index (κ1) is 31.7. The predicted molar refractivity (Wildman–Crippen MR) is 151 cm³/mol. The molecule has 0 radical (unpaired) electrons. The van der Waals surface area contributed by atoms with Crippen molar-refractivity contribution >= 4 is 40.9 Å². The van der Waals surface area contributed by atoms with E-state index in [0.717, 1.165) is 0 Å². The molecule has 42 heavy (non-hydrogen) atoms. The summed E-state index contributed by atoms with van der Waals surface area (Å²) in [7, 11) is 1.25. The van der Waals surface area contributed by atoms with Crippen molar-refractivity contribution in [3.63, 3.8) is 0 Å². The molecule has 0 amide bonds. The third-order valence-electron chi connectivity index (χ3n) is 11.3. The molecule has 0 aromatic heterocycles. The van der Waals surface area contributed by atoms with E-state index in [0.29, 0.717) is 12.0 Å². The van der Waals surface area contributed by atoms with E-state index in [1.54, 1.807) is 27.7 Å². The normalized spacial score (nSPS) is 36.6. The van der Waals surface area contributed by atoms with Crippen LogP contribution in [-0.4, -0.2) is 54.1 Å². The minimum Gasteiger partial charge on any atom is -0.469 e. The lowest BCUT2D eigenvalue weighted by atomic mass is 9.42. The number of fused-ring (bicyclic) bond motifs is 4. The van der Waals surface area contributed by atoms with Gasteiger partial charge >= 0.3 is 11.9 Å². The lowest BCUT2D eigenvalue weighted by Crippen LogP contribution is -2.64. The number of hydrogen-bond donors (Lipinski definition) is 0. The standard InChI is InChI=1S/C33H42O9/c1-16(12-19(35)13-17(2)29(40)41-9)20-14-24(38)33(8)25-21(36)15-22-30(4,5)23(37)10-11-31(22,6)26(25)27(39)28(32(20,33)7)42-18(3)34/h12,17,20,22,28H,10-11,13-15H2,1-9H3/b16-12+/t17?,20-,22+,28-,31+,32+,33+/m1/s1. The third-order valence-corrected chi connectivity index (χ3v) is 11.3. The zero-order valence-electron chi connectivity index (χ0n) is 26.1. The van der Waals surface area contributed by atoms with E-state index in [-0.39, 0.29) is 60.0 Å². The van der Waals surface area contributed by atoms with Gasteiger partial charge in [-0.05, 0) is 38.2 Å². The first-order valence-electron chi connectivity index (χ1n) is 14.6. The summed E-state index contributed by atoms with van der Waals surface area (Å²) in [5, 5.41) is 0. The highest BCUT2D eigenvalue weighted by molar-refractivity contribution is 6.18. The molecule has 4 aliphatic carbocycles. The molecule has 228 valence electrons. The van der Waals surface area contributed by atoms with Gasteiger partial charge in [-0.2, -0.15) is 0 Å². The van der Waals surface area contributed by atoms with Crippen LogP contribution in [0.4, 0.5) is 0 Å². The van der Waals surface area contributed by atoms with Gasteiger partial charge in [0.2, 0.25) is 5.78 Å². The van der Waals surface area contributed by atoms with Crippen molar-refractivity contribution < 1.29 is 43.0 Å². The van der Waals surface area contributed by atoms with Crippen LogP contribution in [0.1, 0.15) is 87.5 Å². The number of carbonyl (C=O) groups excluding carboxylic acids is 7. The summed E-state index contributed by atoms with van der Waals surface area (Å²) in [6, 6.07) is 0. The zero-order valence-corrected chi connectivity index (χ0v) is 26.1. The maximum atomic E-state index is 14.6. The maximum absolute atomic E-state index is 14.6. The molecule has 9 heteroatoms. The summed E-state index contributed by atoms with van der Waals surface area (Å²) >= 11 is 0. The summed E-state index contributed by atoms with van der Waals surface area (Å²) in [5.74, 6) is -4.47. The van der Waals surface area contributed by atoms with Gasteiger partial charge in [0.05, 0.1) is 18.4 Å². The van der Waals surface area contributed by atoms with E-state index in [2.05, 4.69) is 0 Å². The van der Waals surface area contributed by atoms with Crippen LogP contribution in [0.3, 0.4) is 0 Å². The highest BCUT2D eigenvalue weighted by Gasteiger charge is 2.74. The second-order valence-electron chi connectivity index (χ2n) is 13.9. The van der Waals surface area contributed by atoms with Crippen LogP contribution in [0.5, 0.6) is 0 Å². The number of allylic oxidation sites excluding steroid dienone is 3. The van der Waals surface area contributed by atoms with Crippen LogP contribution in [0, 0.1) is 39.4 Å². The van der Waals surface area contributed by atoms with E-state index < -0.39 is 63.2 Å². The first-order chi connectivity index (χ1) is 19.3. The molecule has 0 heterocycles. The van der Waals surface area contributed by atoms with Crippen LogP contribution in [0.2, 0.25) is 0 Å². The fourth-order valence-electron chi connectivity index (χ4n) is 8.77. The van der Waals surface area contributed by atoms with E-state index in [1.165, 1.54) is 20.1 Å². The van der Waals surface area contributed by atoms with Gasteiger partial charge in [-0.25, -0.2) is 0 Å². The molecule has 1 unspecified atom stereocenters. The number of rotatable bonds is 6. The first-order valence-corrected chi connectivity index (χ1v) is 14.6. The molecule has 0 aliphatic heterocycles. The van der Waals surface area contributed by atoms with Gasteiger partial charge in [0.1, 0.15) is 11.6 Å². The van der Waals surface area contributed by atoms with Crippen molar-refractivity contribution in [2.24, 2.45) is 39.4 Å². The monoisotopic (exact) mass is 582 g/mol. The van der Waals surface area contributed by atoms with Crippen molar-refractivity contribution in [2.75, 3.05) is 7.11 Å². The number of ether oxygens (including phenoxy) is 2. The van der Waals surface area contributed by atoms with E-state index in [4.69, 9.17) is 9.47 Å². The smallest absolute Gasteiger partial charge is 0.308 e. The Morgan fingerprint density at radius 3 is 2.14 bits per heavy atom. The fraction of sp³-hybridized carbons (Fsp3) is 0.667. The Hall–Kier alpha value is -3.23. The molecule has 4 rings (SSSR count).